The number of rotatable bonds is 4. The smallest absolute Gasteiger partial charge is 0.310 e. The molecule has 0 saturated carbocycles. The lowest BCUT2D eigenvalue weighted by Crippen LogP contribution is -2.40. The third kappa shape index (κ3) is 2.74. The molecule has 1 saturated heterocycles. The van der Waals surface area contributed by atoms with Gasteiger partial charge in [-0.3, -0.25) is 4.79 Å². The van der Waals surface area contributed by atoms with E-state index in [9.17, 15) is 4.79 Å². The Labute approximate surface area is 128 Å². The van der Waals surface area contributed by atoms with Gasteiger partial charge in [0.15, 0.2) is 0 Å². The first kappa shape index (κ1) is 14.7. The quantitative estimate of drug-likeness (QED) is 0.767. The first-order chi connectivity index (χ1) is 10.7. The molecule has 0 unspecified atom stereocenters. The zero-order valence-corrected chi connectivity index (χ0v) is 12.7. The highest BCUT2D eigenvalue weighted by Gasteiger charge is 2.28. The second kappa shape index (κ2) is 6.27. The zero-order chi connectivity index (χ0) is 15.5. The number of fused-ring (bicyclic) bond motifs is 1. The fraction of sp³-hybridized carbons (Fsp3) is 0.571. The molecular formula is C14H19N5O3. The molecule has 1 fully saturated rings. The van der Waals surface area contributed by atoms with Crippen molar-refractivity contribution in [1.82, 2.24) is 19.6 Å². The molecule has 0 N–H and O–H groups in total. The second-order valence-electron chi connectivity index (χ2n) is 5.32. The van der Waals surface area contributed by atoms with Crippen LogP contribution >= 0.6 is 0 Å². The van der Waals surface area contributed by atoms with Crippen molar-refractivity contribution in [3.8, 4) is 0 Å². The largest absolute Gasteiger partial charge is 0.469 e. The summed E-state index contributed by atoms with van der Waals surface area (Å²) in [5.74, 6) is 1.13. The van der Waals surface area contributed by atoms with Gasteiger partial charge in [0, 0.05) is 26.3 Å². The molecule has 0 radical (unpaired) electrons. The summed E-state index contributed by atoms with van der Waals surface area (Å²) < 4.78 is 11.7. The van der Waals surface area contributed by atoms with Gasteiger partial charge in [-0.2, -0.15) is 14.6 Å². The molecule has 1 aliphatic heterocycles. The lowest BCUT2D eigenvalue weighted by Gasteiger charge is -2.33. The van der Waals surface area contributed by atoms with Crippen LogP contribution in [0.1, 0.15) is 18.5 Å². The minimum atomic E-state index is -0.161. The Morgan fingerprint density at radius 3 is 3.09 bits per heavy atom. The summed E-state index contributed by atoms with van der Waals surface area (Å²) in [7, 11) is 3.06. The summed E-state index contributed by atoms with van der Waals surface area (Å²) >= 11 is 0. The number of methoxy groups -OCH3 is 2. The summed E-state index contributed by atoms with van der Waals surface area (Å²) in [6, 6.07) is 1.94. The van der Waals surface area contributed by atoms with Crippen LogP contribution in [0.4, 0.5) is 5.82 Å². The monoisotopic (exact) mass is 305 g/mol. The number of piperidine rings is 1. The number of esters is 1. The minimum Gasteiger partial charge on any atom is -0.469 e. The average Bonchev–Trinajstić information content (AvgIpc) is 3.02. The van der Waals surface area contributed by atoms with Gasteiger partial charge in [0.25, 0.3) is 5.78 Å². The molecule has 1 aliphatic rings. The van der Waals surface area contributed by atoms with Gasteiger partial charge in [-0.1, -0.05) is 0 Å². The first-order valence-corrected chi connectivity index (χ1v) is 7.24. The number of nitrogens with zero attached hydrogens (tertiary/aromatic N) is 5. The molecule has 2 aromatic rings. The standard InChI is InChI=1S/C14H19N5O3/c1-21-8-11-6-12(19-14(17-11)15-9-16-19)18-5-3-4-10(7-18)13(20)22-2/h6,9-10H,3-5,7-8H2,1-2H3/t10-/m0/s1. The number of ether oxygens (including phenoxy) is 2. The summed E-state index contributed by atoms with van der Waals surface area (Å²) in [6.45, 7) is 1.88. The van der Waals surface area contributed by atoms with Crippen molar-refractivity contribution in [2.75, 3.05) is 32.2 Å². The lowest BCUT2D eigenvalue weighted by atomic mass is 9.98. The van der Waals surface area contributed by atoms with E-state index in [0.29, 0.717) is 18.9 Å². The van der Waals surface area contributed by atoms with Gasteiger partial charge < -0.3 is 14.4 Å². The van der Waals surface area contributed by atoms with Crippen LogP contribution in [0, 0.1) is 5.92 Å². The highest BCUT2D eigenvalue weighted by molar-refractivity contribution is 5.73. The van der Waals surface area contributed by atoms with Gasteiger partial charge in [-0.05, 0) is 12.8 Å². The Morgan fingerprint density at radius 1 is 1.45 bits per heavy atom. The Morgan fingerprint density at radius 2 is 2.32 bits per heavy atom. The van der Waals surface area contributed by atoms with E-state index < -0.39 is 0 Å². The molecule has 0 aliphatic carbocycles. The fourth-order valence-electron chi connectivity index (χ4n) is 2.84. The number of hydrogen-bond acceptors (Lipinski definition) is 7. The molecule has 0 aromatic carbocycles. The van der Waals surface area contributed by atoms with Gasteiger partial charge >= 0.3 is 5.97 Å². The van der Waals surface area contributed by atoms with E-state index >= 15 is 0 Å². The van der Waals surface area contributed by atoms with Crippen LogP contribution in [0.2, 0.25) is 0 Å². The molecule has 0 bridgehead atoms. The summed E-state index contributed by atoms with van der Waals surface area (Å²) in [6.07, 6.45) is 3.25. The van der Waals surface area contributed by atoms with E-state index in [1.807, 2.05) is 6.07 Å². The molecule has 118 valence electrons. The zero-order valence-electron chi connectivity index (χ0n) is 12.7. The van der Waals surface area contributed by atoms with Crippen molar-refractivity contribution < 1.29 is 14.3 Å². The van der Waals surface area contributed by atoms with Gasteiger partial charge in [0.05, 0.1) is 25.3 Å². The van der Waals surface area contributed by atoms with Crippen LogP contribution in [-0.4, -0.2) is 52.9 Å². The number of carbonyl (C=O) groups is 1. The van der Waals surface area contributed by atoms with E-state index in [-0.39, 0.29) is 11.9 Å². The molecule has 8 nitrogen and oxygen atoms in total. The fourth-order valence-corrected chi connectivity index (χ4v) is 2.84. The second-order valence-corrected chi connectivity index (χ2v) is 5.32. The minimum absolute atomic E-state index is 0.114. The van der Waals surface area contributed by atoms with Crippen molar-refractivity contribution in [2.45, 2.75) is 19.4 Å². The molecule has 1 atom stereocenters. The number of hydrogen-bond donors (Lipinski definition) is 0. The van der Waals surface area contributed by atoms with Crippen LogP contribution in [0.15, 0.2) is 12.4 Å². The average molecular weight is 305 g/mol. The number of anilines is 1. The van der Waals surface area contributed by atoms with E-state index in [1.165, 1.54) is 13.4 Å². The maximum absolute atomic E-state index is 11.8. The van der Waals surface area contributed by atoms with E-state index in [1.54, 1.807) is 11.6 Å². The summed E-state index contributed by atoms with van der Waals surface area (Å²) in [4.78, 5) is 22.5. The number of aromatic nitrogens is 4. The highest BCUT2D eigenvalue weighted by atomic mass is 16.5. The van der Waals surface area contributed by atoms with Crippen molar-refractivity contribution in [2.24, 2.45) is 5.92 Å². The first-order valence-electron chi connectivity index (χ1n) is 7.24. The lowest BCUT2D eigenvalue weighted by molar-refractivity contribution is -0.145. The molecule has 8 heteroatoms. The van der Waals surface area contributed by atoms with Gasteiger partial charge in [0.1, 0.15) is 12.1 Å². The van der Waals surface area contributed by atoms with Gasteiger partial charge in [-0.25, -0.2) is 4.98 Å². The van der Waals surface area contributed by atoms with Crippen molar-refractivity contribution >= 4 is 17.6 Å². The van der Waals surface area contributed by atoms with Crippen LogP contribution < -0.4 is 4.90 Å². The van der Waals surface area contributed by atoms with E-state index in [0.717, 1.165) is 30.9 Å². The van der Waals surface area contributed by atoms with Crippen LogP contribution in [-0.2, 0) is 20.9 Å². The third-order valence-electron chi connectivity index (χ3n) is 3.86. The van der Waals surface area contributed by atoms with Crippen molar-refractivity contribution in [3.05, 3.63) is 18.1 Å². The van der Waals surface area contributed by atoms with Gasteiger partial charge in [0.2, 0.25) is 0 Å². The van der Waals surface area contributed by atoms with Crippen LogP contribution in [0.3, 0.4) is 0 Å². The molecule has 2 aromatic heterocycles. The normalized spacial score (nSPS) is 18.6. The highest BCUT2D eigenvalue weighted by Crippen LogP contribution is 2.24. The van der Waals surface area contributed by atoms with E-state index in [2.05, 4.69) is 20.0 Å². The molecule has 0 amide bonds. The van der Waals surface area contributed by atoms with Crippen LogP contribution in [0.25, 0.3) is 5.78 Å². The van der Waals surface area contributed by atoms with E-state index in [4.69, 9.17) is 9.47 Å². The molecule has 3 heterocycles. The predicted octanol–water partition coefficient (Wildman–Crippen LogP) is 0.660. The third-order valence-corrected chi connectivity index (χ3v) is 3.86. The Hall–Kier alpha value is -2.22. The van der Waals surface area contributed by atoms with Crippen molar-refractivity contribution in [3.63, 3.8) is 0 Å². The molecule has 0 spiro atoms. The van der Waals surface area contributed by atoms with Crippen LogP contribution in [0.5, 0.6) is 0 Å². The van der Waals surface area contributed by atoms with Crippen molar-refractivity contribution in [1.29, 1.82) is 0 Å². The Kier molecular flexibility index (Phi) is 4.19. The number of carbonyl (C=O) groups excluding carboxylic acids is 1. The molecular weight excluding hydrogens is 286 g/mol. The van der Waals surface area contributed by atoms with Gasteiger partial charge in [-0.15, -0.1) is 0 Å². The molecule has 22 heavy (non-hydrogen) atoms. The topological polar surface area (TPSA) is 81.8 Å². The summed E-state index contributed by atoms with van der Waals surface area (Å²) in [5, 5.41) is 4.23. The predicted molar refractivity (Wildman–Crippen MR) is 78.4 cm³/mol. The maximum Gasteiger partial charge on any atom is 0.310 e. The maximum atomic E-state index is 11.8. The molecule has 3 rings (SSSR count). The SMILES string of the molecule is COCc1cc(N2CCC[C@H](C(=O)OC)C2)n2ncnc2n1. The Bertz CT molecular complexity index is 672. The summed E-state index contributed by atoms with van der Waals surface area (Å²) in [5.41, 5.74) is 0.790. The Balaban J connectivity index is 1.94.